The van der Waals surface area contributed by atoms with Gasteiger partial charge in [-0.15, -0.1) is 0 Å². The van der Waals surface area contributed by atoms with Gasteiger partial charge in [0, 0.05) is 41.1 Å². The Bertz CT molecular complexity index is 983. The maximum atomic E-state index is 12.4. The van der Waals surface area contributed by atoms with Crippen molar-refractivity contribution in [3.63, 3.8) is 0 Å². The Balaban J connectivity index is 1.35. The smallest absolute Gasteiger partial charge is 0.251 e. The molecule has 1 amide bonds. The van der Waals surface area contributed by atoms with E-state index >= 15 is 0 Å². The van der Waals surface area contributed by atoms with E-state index in [0.717, 1.165) is 16.7 Å². The van der Waals surface area contributed by atoms with E-state index in [-0.39, 0.29) is 5.91 Å². The van der Waals surface area contributed by atoms with Gasteiger partial charge in [-0.05, 0) is 42.2 Å². The molecule has 1 aliphatic carbocycles. The fourth-order valence-electron chi connectivity index (χ4n) is 3.71. The van der Waals surface area contributed by atoms with Crippen molar-refractivity contribution in [1.82, 2.24) is 15.3 Å². The van der Waals surface area contributed by atoms with Crippen LogP contribution in [0.1, 0.15) is 48.0 Å². The van der Waals surface area contributed by atoms with Gasteiger partial charge in [0.15, 0.2) is 0 Å². The molecule has 1 heterocycles. The molecule has 0 aliphatic heterocycles. The fourth-order valence-corrected chi connectivity index (χ4v) is 3.92. The maximum Gasteiger partial charge on any atom is 0.251 e. The number of nitrogens with zero attached hydrogens (tertiary/aromatic N) is 2. The van der Waals surface area contributed by atoms with Crippen LogP contribution < -0.4 is 10.6 Å². The number of benzene rings is 2. The molecule has 0 atom stereocenters. The molecule has 1 aromatic heterocycles. The zero-order valence-corrected chi connectivity index (χ0v) is 17.5. The molecule has 2 N–H and O–H groups in total. The number of anilines is 1. The monoisotopic (exact) mass is 420 g/mol. The molecule has 30 heavy (non-hydrogen) atoms. The van der Waals surface area contributed by atoms with Gasteiger partial charge in [0.05, 0.1) is 0 Å². The molecule has 1 saturated carbocycles. The fraction of sp³-hybridized carbons (Fsp3) is 0.292. The highest BCUT2D eigenvalue weighted by Gasteiger charge is 2.14. The number of nitrogens with one attached hydrogen (secondary N) is 2. The second kappa shape index (κ2) is 9.72. The first-order valence-electron chi connectivity index (χ1n) is 10.4. The van der Waals surface area contributed by atoms with E-state index < -0.39 is 0 Å². The number of rotatable bonds is 6. The highest BCUT2D eigenvalue weighted by Crippen LogP contribution is 2.22. The Kier molecular flexibility index (Phi) is 6.60. The molecular weight excluding hydrogens is 396 g/mol. The Morgan fingerprint density at radius 3 is 2.33 bits per heavy atom. The molecule has 0 radical (unpaired) electrons. The van der Waals surface area contributed by atoms with Gasteiger partial charge in [-0.25, -0.2) is 9.97 Å². The largest absolute Gasteiger partial charge is 0.351 e. The lowest BCUT2D eigenvalue weighted by atomic mass is 9.96. The van der Waals surface area contributed by atoms with E-state index in [1.54, 1.807) is 0 Å². The lowest BCUT2D eigenvalue weighted by molar-refractivity contribution is 0.0951. The van der Waals surface area contributed by atoms with Crippen molar-refractivity contribution in [3.05, 3.63) is 77.1 Å². The topological polar surface area (TPSA) is 66.9 Å². The van der Waals surface area contributed by atoms with E-state index in [2.05, 4.69) is 20.6 Å². The summed E-state index contributed by atoms with van der Waals surface area (Å²) in [6, 6.07) is 15.4. The minimum atomic E-state index is -0.134. The van der Waals surface area contributed by atoms with Crippen LogP contribution >= 0.6 is 11.6 Å². The van der Waals surface area contributed by atoms with Crippen LogP contribution in [0.25, 0.3) is 11.1 Å². The van der Waals surface area contributed by atoms with Crippen LogP contribution in [0.4, 0.5) is 5.95 Å². The van der Waals surface area contributed by atoms with Crippen LogP contribution in [0.2, 0.25) is 5.02 Å². The van der Waals surface area contributed by atoms with Gasteiger partial charge in [0.1, 0.15) is 0 Å². The highest BCUT2D eigenvalue weighted by molar-refractivity contribution is 6.31. The third-order valence-electron chi connectivity index (χ3n) is 5.47. The Hall–Kier alpha value is -2.92. The Labute approximate surface area is 181 Å². The third kappa shape index (κ3) is 5.16. The van der Waals surface area contributed by atoms with Gasteiger partial charge in [-0.1, -0.05) is 61.2 Å². The van der Waals surface area contributed by atoms with Crippen LogP contribution in [0.5, 0.6) is 0 Å². The van der Waals surface area contributed by atoms with E-state index in [0.29, 0.717) is 29.1 Å². The molecule has 3 aromatic rings. The molecule has 0 bridgehead atoms. The summed E-state index contributed by atoms with van der Waals surface area (Å²) in [6.07, 6.45) is 9.89. The molecule has 0 unspecified atom stereocenters. The number of amides is 1. The first-order valence-corrected chi connectivity index (χ1v) is 10.8. The van der Waals surface area contributed by atoms with Crippen molar-refractivity contribution in [1.29, 1.82) is 0 Å². The summed E-state index contributed by atoms with van der Waals surface area (Å²) < 4.78 is 0. The van der Waals surface area contributed by atoms with E-state index in [1.165, 1.54) is 32.1 Å². The van der Waals surface area contributed by atoms with Gasteiger partial charge >= 0.3 is 0 Å². The molecule has 0 spiro atoms. The Morgan fingerprint density at radius 1 is 0.933 bits per heavy atom. The van der Waals surface area contributed by atoms with Crippen LogP contribution in [-0.4, -0.2) is 21.9 Å². The summed E-state index contributed by atoms with van der Waals surface area (Å²) in [6.45, 7) is 0.392. The Morgan fingerprint density at radius 2 is 1.63 bits per heavy atom. The SMILES string of the molecule is O=C(NCc1ccccc1Cl)c1ccc(-c2cnc(NC3CCCCC3)nc2)cc1. The predicted molar refractivity (Wildman–Crippen MR) is 121 cm³/mol. The molecular formula is C24H25ClN4O. The summed E-state index contributed by atoms with van der Waals surface area (Å²) in [5.41, 5.74) is 3.39. The van der Waals surface area contributed by atoms with Crippen molar-refractivity contribution in [2.24, 2.45) is 0 Å². The zero-order valence-electron chi connectivity index (χ0n) is 16.8. The number of hydrogen-bond donors (Lipinski definition) is 2. The number of hydrogen-bond acceptors (Lipinski definition) is 4. The minimum Gasteiger partial charge on any atom is -0.351 e. The second-order valence-corrected chi connectivity index (χ2v) is 8.03. The zero-order chi connectivity index (χ0) is 20.8. The van der Waals surface area contributed by atoms with Crippen molar-refractivity contribution in [2.45, 2.75) is 44.7 Å². The molecule has 154 valence electrons. The highest BCUT2D eigenvalue weighted by atomic mass is 35.5. The number of carbonyl (C=O) groups is 1. The lowest BCUT2D eigenvalue weighted by Gasteiger charge is -2.22. The number of halogens is 1. The average molecular weight is 421 g/mol. The van der Waals surface area contributed by atoms with Gasteiger partial charge in [0.2, 0.25) is 5.95 Å². The lowest BCUT2D eigenvalue weighted by Crippen LogP contribution is -2.23. The molecule has 0 saturated heterocycles. The van der Waals surface area contributed by atoms with Crippen molar-refractivity contribution < 1.29 is 4.79 Å². The summed E-state index contributed by atoms with van der Waals surface area (Å²) in [5.74, 6) is 0.547. The summed E-state index contributed by atoms with van der Waals surface area (Å²) in [5, 5.41) is 6.98. The van der Waals surface area contributed by atoms with Crippen molar-refractivity contribution >= 4 is 23.5 Å². The van der Waals surface area contributed by atoms with Gasteiger partial charge in [-0.2, -0.15) is 0 Å². The van der Waals surface area contributed by atoms with E-state index in [1.807, 2.05) is 60.9 Å². The molecule has 1 fully saturated rings. The summed E-state index contributed by atoms with van der Waals surface area (Å²) in [4.78, 5) is 21.4. The first kappa shape index (κ1) is 20.4. The number of aromatic nitrogens is 2. The molecule has 6 heteroatoms. The molecule has 2 aromatic carbocycles. The summed E-state index contributed by atoms with van der Waals surface area (Å²) >= 11 is 6.14. The van der Waals surface area contributed by atoms with E-state index in [4.69, 9.17) is 11.6 Å². The first-order chi connectivity index (χ1) is 14.7. The van der Waals surface area contributed by atoms with Crippen molar-refractivity contribution in [2.75, 3.05) is 5.32 Å². The normalized spacial score (nSPS) is 14.3. The van der Waals surface area contributed by atoms with Crippen LogP contribution in [0, 0.1) is 0 Å². The second-order valence-electron chi connectivity index (χ2n) is 7.63. The minimum absolute atomic E-state index is 0.134. The number of carbonyl (C=O) groups excluding carboxylic acids is 1. The quantitative estimate of drug-likeness (QED) is 0.554. The molecule has 5 nitrogen and oxygen atoms in total. The third-order valence-corrected chi connectivity index (χ3v) is 5.84. The standard InChI is InChI=1S/C24H25ClN4O/c25-22-9-5-4-6-19(22)14-26-23(30)18-12-10-17(11-13-18)20-15-27-24(28-16-20)29-21-7-2-1-3-8-21/h4-6,9-13,15-16,21H,1-3,7-8,14H2,(H,26,30)(H,27,28,29). The van der Waals surface area contributed by atoms with Gasteiger partial charge < -0.3 is 10.6 Å². The van der Waals surface area contributed by atoms with Crippen LogP contribution in [-0.2, 0) is 6.54 Å². The average Bonchev–Trinajstić information content (AvgIpc) is 2.80. The predicted octanol–water partition coefficient (Wildman–Crippen LogP) is 5.47. The molecule has 1 aliphatic rings. The summed E-state index contributed by atoms with van der Waals surface area (Å²) in [7, 11) is 0. The molecule has 4 rings (SSSR count). The van der Waals surface area contributed by atoms with Crippen LogP contribution in [0.3, 0.4) is 0 Å². The van der Waals surface area contributed by atoms with Crippen molar-refractivity contribution in [3.8, 4) is 11.1 Å². The van der Waals surface area contributed by atoms with Gasteiger partial charge in [-0.3, -0.25) is 4.79 Å². The van der Waals surface area contributed by atoms with E-state index in [9.17, 15) is 4.79 Å². The maximum absolute atomic E-state index is 12.4. The van der Waals surface area contributed by atoms with Gasteiger partial charge in [0.25, 0.3) is 5.91 Å². The van der Waals surface area contributed by atoms with Crippen LogP contribution in [0.15, 0.2) is 60.9 Å².